The molecule has 0 saturated heterocycles. The summed E-state index contributed by atoms with van der Waals surface area (Å²) in [4.78, 5) is 9.26. The van der Waals surface area contributed by atoms with Crippen molar-refractivity contribution in [2.75, 3.05) is 19.5 Å². The Morgan fingerprint density at radius 1 is 1.39 bits per heavy atom. The SMILES string of the molecule is COc1ccnc(NCc2snc(OC)c2Br)n1. The smallest absolute Gasteiger partial charge is 0.239 e. The molecule has 0 amide bonds. The number of halogens is 1. The maximum Gasteiger partial charge on any atom is 0.239 e. The Hall–Kier alpha value is -1.41. The van der Waals surface area contributed by atoms with E-state index < -0.39 is 0 Å². The molecule has 0 atom stereocenters. The highest BCUT2D eigenvalue weighted by Crippen LogP contribution is 2.31. The molecule has 0 aliphatic rings. The first-order valence-corrected chi connectivity index (χ1v) is 6.60. The molecule has 2 aromatic heterocycles. The Morgan fingerprint density at radius 2 is 2.22 bits per heavy atom. The van der Waals surface area contributed by atoms with Crippen molar-refractivity contribution in [2.24, 2.45) is 0 Å². The predicted molar refractivity (Wildman–Crippen MR) is 72.3 cm³/mol. The molecule has 0 radical (unpaired) electrons. The fourth-order valence-corrected chi connectivity index (χ4v) is 2.62. The van der Waals surface area contributed by atoms with Crippen molar-refractivity contribution in [1.82, 2.24) is 14.3 Å². The lowest BCUT2D eigenvalue weighted by Crippen LogP contribution is -2.03. The Balaban J connectivity index is 2.04. The van der Waals surface area contributed by atoms with Crippen molar-refractivity contribution in [2.45, 2.75) is 6.54 Å². The van der Waals surface area contributed by atoms with Gasteiger partial charge in [0, 0.05) is 12.3 Å². The number of methoxy groups -OCH3 is 2. The summed E-state index contributed by atoms with van der Waals surface area (Å²) in [5.41, 5.74) is 0. The van der Waals surface area contributed by atoms with Crippen LogP contribution >= 0.6 is 27.5 Å². The van der Waals surface area contributed by atoms with Crippen molar-refractivity contribution in [3.05, 3.63) is 21.6 Å². The average Bonchev–Trinajstić information content (AvgIpc) is 2.77. The quantitative estimate of drug-likeness (QED) is 0.907. The molecule has 0 aliphatic carbocycles. The van der Waals surface area contributed by atoms with Gasteiger partial charge in [0.05, 0.1) is 30.1 Å². The molecule has 0 saturated carbocycles. The van der Waals surface area contributed by atoms with Gasteiger partial charge >= 0.3 is 0 Å². The second-order valence-corrected chi connectivity index (χ2v) is 4.86. The van der Waals surface area contributed by atoms with E-state index in [4.69, 9.17) is 9.47 Å². The number of hydrogen-bond donors (Lipinski definition) is 1. The molecule has 2 rings (SSSR count). The second-order valence-electron chi connectivity index (χ2n) is 3.21. The third kappa shape index (κ3) is 2.88. The highest BCUT2D eigenvalue weighted by atomic mass is 79.9. The zero-order valence-corrected chi connectivity index (χ0v) is 12.2. The Labute approximate surface area is 117 Å². The number of hydrogen-bond acceptors (Lipinski definition) is 7. The van der Waals surface area contributed by atoms with Gasteiger partial charge in [0.1, 0.15) is 0 Å². The number of aromatic nitrogens is 3. The van der Waals surface area contributed by atoms with E-state index in [0.29, 0.717) is 24.3 Å². The van der Waals surface area contributed by atoms with Crippen LogP contribution in [-0.4, -0.2) is 28.6 Å². The minimum absolute atomic E-state index is 0.508. The molecule has 8 heteroatoms. The van der Waals surface area contributed by atoms with Crippen LogP contribution in [0, 0.1) is 0 Å². The molecular formula is C10H11BrN4O2S. The van der Waals surface area contributed by atoms with Gasteiger partial charge in [-0.25, -0.2) is 4.98 Å². The summed E-state index contributed by atoms with van der Waals surface area (Å²) in [5, 5.41) is 3.10. The van der Waals surface area contributed by atoms with Crippen LogP contribution in [0.3, 0.4) is 0 Å². The van der Waals surface area contributed by atoms with Gasteiger partial charge in [0.15, 0.2) is 0 Å². The van der Waals surface area contributed by atoms with E-state index in [2.05, 4.69) is 35.6 Å². The normalized spacial score (nSPS) is 10.2. The van der Waals surface area contributed by atoms with Crippen molar-refractivity contribution in [1.29, 1.82) is 0 Å². The number of nitrogens with one attached hydrogen (secondary N) is 1. The fourth-order valence-electron chi connectivity index (χ4n) is 1.23. The summed E-state index contributed by atoms with van der Waals surface area (Å²) in [5.74, 6) is 1.62. The van der Waals surface area contributed by atoms with Crippen molar-refractivity contribution in [3.63, 3.8) is 0 Å². The number of ether oxygens (including phenoxy) is 2. The van der Waals surface area contributed by atoms with Crippen LogP contribution in [0.4, 0.5) is 5.95 Å². The first-order valence-electron chi connectivity index (χ1n) is 5.03. The summed E-state index contributed by atoms with van der Waals surface area (Å²) in [6.45, 7) is 0.564. The molecule has 0 aromatic carbocycles. The van der Waals surface area contributed by atoms with E-state index in [-0.39, 0.29) is 0 Å². The van der Waals surface area contributed by atoms with Crippen molar-refractivity contribution >= 4 is 33.4 Å². The van der Waals surface area contributed by atoms with Crippen LogP contribution in [0.1, 0.15) is 4.88 Å². The van der Waals surface area contributed by atoms with E-state index in [9.17, 15) is 0 Å². The summed E-state index contributed by atoms with van der Waals surface area (Å²) >= 11 is 4.79. The molecule has 96 valence electrons. The highest BCUT2D eigenvalue weighted by molar-refractivity contribution is 9.10. The molecule has 0 spiro atoms. The van der Waals surface area contributed by atoms with Crippen LogP contribution in [-0.2, 0) is 6.54 Å². The number of nitrogens with zero attached hydrogens (tertiary/aromatic N) is 3. The molecule has 6 nitrogen and oxygen atoms in total. The zero-order chi connectivity index (χ0) is 13.0. The summed E-state index contributed by atoms with van der Waals surface area (Å²) in [6, 6.07) is 1.69. The van der Waals surface area contributed by atoms with E-state index in [1.165, 1.54) is 11.5 Å². The van der Waals surface area contributed by atoms with Gasteiger partial charge in [0.2, 0.25) is 17.7 Å². The van der Waals surface area contributed by atoms with Crippen LogP contribution < -0.4 is 14.8 Å². The van der Waals surface area contributed by atoms with E-state index in [1.54, 1.807) is 26.5 Å². The Kier molecular flexibility index (Phi) is 4.32. The largest absolute Gasteiger partial charge is 0.481 e. The van der Waals surface area contributed by atoms with Gasteiger partial charge in [-0.1, -0.05) is 0 Å². The lowest BCUT2D eigenvalue weighted by atomic mass is 10.5. The first-order chi connectivity index (χ1) is 8.74. The van der Waals surface area contributed by atoms with E-state index >= 15 is 0 Å². The molecule has 0 fully saturated rings. The van der Waals surface area contributed by atoms with Gasteiger partial charge in [-0.15, -0.1) is 0 Å². The topological polar surface area (TPSA) is 69.2 Å². The highest BCUT2D eigenvalue weighted by Gasteiger charge is 2.11. The second kappa shape index (κ2) is 5.96. The van der Waals surface area contributed by atoms with Gasteiger partial charge < -0.3 is 14.8 Å². The van der Waals surface area contributed by atoms with Crippen LogP contribution in [0.5, 0.6) is 11.8 Å². The number of anilines is 1. The molecule has 2 heterocycles. The lowest BCUT2D eigenvalue weighted by Gasteiger charge is -2.04. The molecule has 0 bridgehead atoms. The third-order valence-corrected chi connectivity index (χ3v) is 4.02. The fraction of sp³-hybridized carbons (Fsp3) is 0.300. The minimum atomic E-state index is 0.508. The van der Waals surface area contributed by atoms with Gasteiger partial charge in [-0.3, -0.25) is 0 Å². The molecule has 1 N–H and O–H groups in total. The van der Waals surface area contributed by atoms with Crippen LogP contribution in [0.15, 0.2) is 16.7 Å². The Bertz CT molecular complexity index is 534. The van der Waals surface area contributed by atoms with Crippen molar-refractivity contribution in [3.8, 4) is 11.8 Å². The maximum atomic E-state index is 5.09. The predicted octanol–water partition coefficient (Wildman–Crippen LogP) is 2.32. The van der Waals surface area contributed by atoms with E-state index in [0.717, 1.165) is 9.35 Å². The summed E-state index contributed by atoms with van der Waals surface area (Å²) in [6.07, 6.45) is 1.64. The standard InChI is InChI=1S/C10H11BrN4O2S/c1-16-7-3-4-12-10(14-7)13-5-6-8(11)9(17-2)15-18-6/h3-4H,5H2,1-2H3,(H,12,13,14). The van der Waals surface area contributed by atoms with Gasteiger partial charge in [-0.05, 0) is 27.5 Å². The number of rotatable bonds is 5. The monoisotopic (exact) mass is 330 g/mol. The minimum Gasteiger partial charge on any atom is -0.481 e. The first kappa shape index (κ1) is 13.0. The van der Waals surface area contributed by atoms with Gasteiger partial charge in [-0.2, -0.15) is 9.36 Å². The zero-order valence-electron chi connectivity index (χ0n) is 9.81. The molecule has 0 aliphatic heterocycles. The average molecular weight is 331 g/mol. The Morgan fingerprint density at radius 3 is 2.89 bits per heavy atom. The lowest BCUT2D eigenvalue weighted by molar-refractivity contribution is 0.397. The molecule has 0 unspecified atom stereocenters. The van der Waals surface area contributed by atoms with Crippen LogP contribution in [0.25, 0.3) is 0 Å². The molecular weight excluding hydrogens is 320 g/mol. The van der Waals surface area contributed by atoms with Gasteiger partial charge in [0.25, 0.3) is 0 Å². The third-order valence-electron chi connectivity index (χ3n) is 2.11. The summed E-state index contributed by atoms with van der Waals surface area (Å²) in [7, 11) is 3.15. The maximum absolute atomic E-state index is 5.09. The summed E-state index contributed by atoms with van der Waals surface area (Å²) < 4.78 is 15.1. The van der Waals surface area contributed by atoms with E-state index in [1.807, 2.05) is 0 Å². The molecule has 18 heavy (non-hydrogen) atoms. The van der Waals surface area contributed by atoms with Crippen molar-refractivity contribution < 1.29 is 9.47 Å². The van der Waals surface area contributed by atoms with Crippen LogP contribution in [0.2, 0.25) is 0 Å². The molecule has 2 aromatic rings.